The van der Waals surface area contributed by atoms with Crippen LogP contribution in [0.2, 0.25) is 0 Å². The Morgan fingerprint density at radius 1 is 0.889 bits per heavy atom. The van der Waals surface area contributed by atoms with Crippen LogP contribution in [0.3, 0.4) is 0 Å². The maximum atomic E-state index is 4.59. The van der Waals surface area contributed by atoms with Crippen molar-refractivity contribution in [3.05, 3.63) is 72.2 Å². The first-order valence-corrected chi connectivity index (χ1v) is 9.64. The average Bonchev–Trinajstić information content (AvgIpc) is 3.10. The van der Waals surface area contributed by atoms with Crippen LogP contribution in [-0.2, 0) is 6.54 Å². The number of hydrogen-bond acceptors (Lipinski definition) is 4. The van der Waals surface area contributed by atoms with E-state index in [0.29, 0.717) is 5.92 Å². The Hall–Kier alpha value is -2.92. The predicted molar refractivity (Wildman–Crippen MR) is 108 cm³/mol. The van der Waals surface area contributed by atoms with Crippen LogP contribution in [0.25, 0.3) is 17.6 Å². The Morgan fingerprint density at radius 2 is 1.67 bits per heavy atom. The molecule has 5 rings (SSSR count). The van der Waals surface area contributed by atoms with Gasteiger partial charge in [-0.05, 0) is 43.6 Å². The minimum absolute atomic E-state index is 0.463. The third-order valence-corrected chi connectivity index (χ3v) is 5.47. The fraction of sp³-hybridized carbons (Fsp3) is 0.273. The summed E-state index contributed by atoms with van der Waals surface area (Å²) in [5.74, 6) is 2.48. The molecule has 0 unspecified atom stereocenters. The van der Waals surface area contributed by atoms with Gasteiger partial charge in [-0.15, -0.1) is 10.2 Å². The molecule has 0 saturated carbocycles. The predicted octanol–water partition coefficient (Wildman–Crippen LogP) is 3.86. The highest BCUT2D eigenvalue weighted by molar-refractivity contribution is 5.78. The second-order valence-electron chi connectivity index (χ2n) is 7.20. The maximum Gasteiger partial charge on any atom is 0.170 e. The van der Waals surface area contributed by atoms with Crippen LogP contribution in [0, 0.1) is 0 Å². The molecule has 0 bridgehead atoms. The molecule has 27 heavy (non-hydrogen) atoms. The molecule has 0 aliphatic carbocycles. The van der Waals surface area contributed by atoms with Gasteiger partial charge in [-0.1, -0.05) is 42.5 Å². The van der Waals surface area contributed by atoms with E-state index in [1.54, 1.807) is 0 Å². The summed E-state index contributed by atoms with van der Waals surface area (Å²) in [5, 5.41) is 12.6. The first-order valence-electron chi connectivity index (χ1n) is 9.64. The molecule has 1 N–H and O–H groups in total. The summed E-state index contributed by atoms with van der Waals surface area (Å²) in [5.41, 5.74) is 3.58. The summed E-state index contributed by atoms with van der Waals surface area (Å²) < 4.78 is 2.19. The number of rotatable bonds is 3. The van der Waals surface area contributed by atoms with Crippen molar-refractivity contribution in [3.63, 3.8) is 0 Å². The van der Waals surface area contributed by atoms with Gasteiger partial charge < -0.3 is 10.2 Å². The van der Waals surface area contributed by atoms with Gasteiger partial charge in [0.25, 0.3) is 0 Å². The summed E-state index contributed by atoms with van der Waals surface area (Å²) in [6.45, 7) is 2.93. The van der Waals surface area contributed by atoms with E-state index >= 15 is 0 Å². The molecule has 1 aromatic heterocycles. The minimum Gasteiger partial charge on any atom is -0.341 e. The molecular formula is C22H23N5. The Kier molecular flexibility index (Phi) is 4.22. The summed E-state index contributed by atoms with van der Waals surface area (Å²) in [6.07, 6.45) is 6.52. The molecule has 0 radical (unpaired) electrons. The van der Waals surface area contributed by atoms with Gasteiger partial charge in [0.2, 0.25) is 0 Å². The topological polar surface area (TPSA) is 46.0 Å². The summed E-state index contributed by atoms with van der Waals surface area (Å²) in [4.78, 5) is 2.30. The number of nitrogens with zero attached hydrogens (tertiary/aromatic N) is 4. The van der Waals surface area contributed by atoms with E-state index in [2.05, 4.69) is 92.0 Å². The molecule has 5 nitrogen and oxygen atoms in total. The lowest BCUT2D eigenvalue weighted by Crippen LogP contribution is -2.27. The highest BCUT2D eigenvalue weighted by atomic mass is 15.3. The van der Waals surface area contributed by atoms with E-state index in [1.807, 2.05) is 0 Å². The second kappa shape index (κ2) is 7.00. The van der Waals surface area contributed by atoms with Crippen molar-refractivity contribution >= 4 is 11.9 Å². The van der Waals surface area contributed by atoms with Crippen molar-refractivity contribution < 1.29 is 0 Å². The van der Waals surface area contributed by atoms with Gasteiger partial charge in [0.05, 0.1) is 5.69 Å². The van der Waals surface area contributed by atoms with E-state index in [-0.39, 0.29) is 0 Å². The third-order valence-electron chi connectivity index (χ3n) is 5.47. The van der Waals surface area contributed by atoms with Crippen molar-refractivity contribution in [2.75, 3.05) is 18.0 Å². The fourth-order valence-electron chi connectivity index (χ4n) is 4.05. The molecule has 136 valence electrons. The summed E-state index contributed by atoms with van der Waals surface area (Å²) >= 11 is 0. The van der Waals surface area contributed by atoms with Crippen LogP contribution in [0.5, 0.6) is 0 Å². The van der Waals surface area contributed by atoms with Crippen molar-refractivity contribution in [2.45, 2.75) is 25.3 Å². The van der Waals surface area contributed by atoms with Crippen molar-refractivity contribution in [3.8, 4) is 11.4 Å². The van der Waals surface area contributed by atoms with Crippen molar-refractivity contribution in [2.24, 2.45) is 0 Å². The van der Waals surface area contributed by atoms with E-state index in [1.165, 1.54) is 11.3 Å². The molecule has 0 atom stereocenters. The number of fused-ring (bicyclic) bond motifs is 3. The molecule has 1 fully saturated rings. The number of aromatic nitrogens is 3. The Morgan fingerprint density at radius 3 is 2.52 bits per heavy atom. The smallest absolute Gasteiger partial charge is 0.170 e. The van der Waals surface area contributed by atoms with Gasteiger partial charge in [-0.2, -0.15) is 0 Å². The molecule has 2 aliphatic rings. The molecule has 1 saturated heterocycles. The van der Waals surface area contributed by atoms with Crippen LogP contribution in [0.4, 0.5) is 5.69 Å². The zero-order valence-electron chi connectivity index (χ0n) is 15.3. The Balaban J connectivity index is 1.57. The van der Waals surface area contributed by atoms with Crippen LogP contribution in [0.1, 0.15) is 30.1 Å². The van der Waals surface area contributed by atoms with E-state index in [9.17, 15) is 0 Å². The molecule has 5 heteroatoms. The Labute approximate surface area is 159 Å². The highest BCUT2D eigenvalue weighted by Crippen LogP contribution is 2.36. The first-order chi connectivity index (χ1) is 13.4. The van der Waals surface area contributed by atoms with E-state index in [0.717, 1.165) is 49.7 Å². The monoisotopic (exact) mass is 357 g/mol. The molecule has 2 aliphatic heterocycles. The van der Waals surface area contributed by atoms with Crippen molar-refractivity contribution in [1.82, 2.24) is 20.1 Å². The number of hydrogen-bond donors (Lipinski definition) is 1. The summed E-state index contributed by atoms with van der Waals surface area (Å²) in [6, 6.07) is 19.1. The maximum absolute atomic E-state index is 4.59. The molecule has 2 aromatic carbocycles. The number of nitrogens with one attached hydrogen (secondary N) is 1. The van der Waals surface area contributed by atoms with Gasteiger partial charge in [-0.3, -0.25) is 4.57 Å². The quantitative estimate of drug-likeness (QED) is 0.773. The number of piperidine rings is 1. The standard InChI is InChI=1S/C22H23N5/c1-2-6-17(7-3-1)16-26-14-15-27-21(18-10-12-23-13-11-18)24-25-22(27)19-8-4-5-9-20(19)26/h1-9,14-15,18,23H,10-13,16H2. The Bertz CT molecular complexity index is 954. The third kappa shape index (κ3) is 3.04. The van der Waals surface area contributed by atoms with Crippen LogP contribution in [0.15, 0.2) is 60.8 Å². The van der Waals surface area contributed by atoms with Crippen LogP contribution < -0.4 is 10.2 Å². The SMILES string of the molecule is C1=Cn2c(nnc2C2CCNCC2)-c2ccccc2N1Cc1ccccc1. The summed E-state index contributed by atoms with van der Waals surface area (Å²) in [7, 11) is 0. The minimum atomic E-state index is 0.463. The zero-order chi connectivity index (χ0) is 18.1. The van der Waals surface area contributed by atoms with Gasteiger partial charge in [0.1, 0.15) is 5.82 Å². The van der Waals surface area contributed by atoms with Gasteiger partial charge in [0.15, 0.2) is 5.82 Å². The van der Waals surface area contributed by atoms with Crippen molar-refractivity contribution in [1.29, 1.82) is 0 Å². The van der Waals surface area contributed by atoms with E-state index < -0.39 is 0 Å². The lowest BCUT2D eigenvalue weighted by atomic mass is 9.97. The van der Waals surface area contributed by atoms with Gasteiger partial charge in [-0.25, -0.2) is 0 Å². The lowest BCUT2D eigenvalue weighted by Gasteiger charge is -2.21. The first kappa shape index (κ1) is 16.3. The van der Waals surface area contributed by atoms with E-state index in [4.69, 9.17) is 0 Å². The number of anilines is 1. The molecule has 0 spiro atoms. The van der Waals surface area contributed by atoms with Crippen LogP contribution >= 0.6 is 0 Å². The molecule has 3 heterocycles. The second-order valence-corrected chi connectivity index (χ2v) is 7.20. The highest BCUT2D eigenvalue weighted by Gasteiger charge is 2.26. The average molecular weight is 357 g/mol. The van der Waals surface area contributed by atoms with Gasteiger partial charge in [0, 0.05) is 30.4 Å². The fourth-order valence-corrected chi connectivity index (χ4v) is 4.05. The number of para-hydroxylation sites is 1. The zero-order valence-corrected chi connectivity index (χ0v) is 15.3. The normalized spacial score (nSPS) is 16.7. The largest absolute Gasteiger partial charge is 0.341 e. The number of benzene rings is 2. The van der Waals surface area contributed by atoms with Crippen LogP contribution in [-0.4, -0.2) is 27.9 Å². The van der Waals surface area contributed by atoms with Gasteiger partial charge >= 0.3 is 0 Å². The molecule has 0 amide bonds. The molecule has 3 aromatic rings. The molecular weight excluding hydrogens is 334 g/mol. The lowest BCUT2D eigenvalue weighted by molar-refractivity contribution is 0.442.